The maximum Gasteiger partial charge on any atom is 0.225 e. The zero-order valence-corrected chi connectivity index (χ0v) is 14.2. The SMILES string of the molecule is CNCCC(=O)Nc1cccc(CSC2CCCC2)c1.Cl. The first-order valence-electron chi connectivity index (χ1n) is 7.43. The predicted molar refractivity (Wildman–Crippen MR) is 94.4 cm³/mol. The summed E-state index contributed by atoms with van der Waals surface area (Å²) in [6.45, 7) is 0.711. The van der Waals surface area contributed by atoms with Crippen LogP contribution in [0.4, 0.5) is 5.69 Å². The van der Waals surface area contributed by atoms with Gasteiger partial charge in [-0.15, -0.1) is 12.4 Å². The number of amides is 1. The molecule has 0 spiro atoms. The standard InChI is InChI=1S/C16H24N2OS.ClH/c1-17-10-9-16(19)18-14-6-4-5-13(11-14)12-20-15-7-2-3-8-15;/h4-6,11,15,17H,2-3,7-10,12H2,1H3,(H,18,19);1H. The lowest BCUT2D eigenvalue weighted by molar-refractivity contribution is -0.116. The molecule has 1 aliphatic rings. The van der Waals surface area contributed by atoms with Crippen LogP contribution in [0.15, 0.2) is 24.3 Å². The van der Waals surface area contributed by atoms with E-state index < -0.39 is 0 Å². The summed E-state index contributed by atoms with van der Waals surface area (Å²) in [6.07, 6.45) is 6.02. The molecule has 5 heteroatoms. The molecule has 0 bridgehead atoms. The lowest BCUT2D eigenvalue weighted by Gasteiger charge is -2.10. The maximum absolute atomic E-state index is 11.7. The van der Waals surface area contributed by atoms with Gasteiger partial charge in [0.05, 0.1) is 0 Å². The van der Waals surface area contributed by atoms with Crippen LogP contribution in [0, 0.1) is 0 Å². The van der Waals surface area contributed by atoms with Gasteiger partial charge in [-0.05, 0) is 37.6 Å². The summed E-state index contributed by atoms with van der Waals surface area (Å²) in [4.78, 5) is 11.7. The molecule has 0 radical (unpaired) electrons. The van der Waals surface area contributed by atoms with Crippen LogP contribution in [-0.4, -0.2) is 24.7 Å². The van der Waals surface area contributed by atoms with Gasteiger partial charge in [-0.2, -0.15) is 11.8 Å². The van der Waals surface area contributed by atoms with Gasteiger partial charge in [0.1, 0.15) is 0 Å². The van der Waals surface area contributed by atoms with Crippen molar-refractivity contribution in [1.82, 2.24) is 5.32 Å². The highest BCUT2D eigenvalue weighted by molar-refractivity contribution is 7.99. The summed E-state index contributed by atoms with van der Waals surface area (Å²) < 4.78 is 0. The van der Waals surface area contributed by atoms with E-state index in [0.29, 0.717) is 13.0 Å². The van der Waals surface area contributed by atoms with Gasteiger partial charge < -0.3 is 10.6 Å². The van der Waals surface area contributed by atoms with E-state index in [-0.39, 0.29) is 18.3 Å². The van der Waals surface area contributed by atoms with E-state index in [0.717, 1.165) is 16.7 Å². The van der Waals surface area contributed by atoms with Crippen molar-refractivity contribution in [3.05, 3.63) is 29.8 Å². The summed E-state index contributed by atoms with van der Waals surface area (Å²) in [5, 5.41) is 6.78. The summed E-state index contributed by atoms with van der Waals surface area (Å²) in [5.74, 6) is 1.12. The summed E-state index contributed by atoms with van der Waals surface area (Å²) >= 11 is 2.06. The van der Waals surface area contributed by atoms with Crippen LogP contribution < -0.4 is 10.6 Å². The zero-order valence-electron chi connectivity index (χ0n) is 12.6. The fourth-order valence-corrected chi connectivity index (χ4v) is 3.74. The van der Waals surface area contributed by atoms with Crippen LogP contribution in [0.25, 0.3) is 0 Å². The number of hydrogen-bond donors (Lipinski definition) is 2. The van der Waals surface area contributed by atoms with Crippen molar-refractivity contribution >= 4 is 35.8 Å². The van der Waals surface area contributed by atoms with Crippen molar-refractivity contribution in [1.29, 1.82) is 0 Å². The molecule has 0 atom stereocenters. The number of hydrogen-bond acceptors (Lipinski definition) is 3. The minimum atomic E-state index is 0. The van der Waals surface area contributed by atoms with Crippen LogP contribution in [0.5, 0.6) is 0 Å². The van der Waals surface area contributed by atoms with Gasteiger partial charge in [-0.25, -0.2) is 0 Å². The molecular weight excluding hydrogens is 304 g/mol. The quantitative estimate of drug-likeness (QED) is 0.799. The molecule has 1 saturated carbocycles. The van der Waals surface area contributed by atoms with E-state index in [1.165, 1.54) is 31.2 Å². The second kappa shape index (κ2) is 10.1. The molecule has 0 unspecified atom stereocenters. The maximum atomic E-state index is 11.7. The Bertz CT molecular complexity index is 436. The summed E-state index contributed by atoms with van der Waals surface area (Å²) in [7, 11) is 1.86. The third-order valence-electron chi connectivity index (χ3n) is 3.60. The Labute approximate surface area is 138 Å². The lowest BCUT2D eigenvalue weighted by atomic mass is 10.2. The van der Waals surface area contributed by atoms with Gasteiger partial charge in [-0.1, -0.05) is 25.0 Å². The fraction of sp³-hybridized carbons (Fsp3) is 0.562. The monoisotopic (exact) mass is 328 g/mol. The Morgan fingerprint density at radius 3 is 2.81 bits per heavy atom. The molecule has 0 heterocycles. The molecule has 21 heavy (non-hydrogen) atoms. The largest absolute Gasteiger partial charge is 0.326 e. The third kappa shape index (κ3) is 6.72. The van der Waals surface area contributed by atoms with E-state index in [1.54, 1.807) is 0 Å². The molecule has 118 valence electrons. The number of halogens is 1. The first kappa shape index (κ1) is 18.3. The van der Waals surface area contributed by atoms with Crippen molar-refractivity contribution in [3.8, 4) is 0 Å². The van der Waals surface area contributed by atoms with E-state index in [1.807, 2.05) is 19.2 Å². The molecule has 1 aliphatic carbocycles. The van der Waals surface area contributed by atoms with Crippen molar-refractivity contribution < 1.29 is 4.79 Å². The average molecular weight is 329 g/mol. The third-order valence-corrected chi connectivity index (χ3v) is 5.04. The molecule has 2 N–H and O–H groups in total. The highest BCUT2D eigenvalue weighted by Gasteiger charge is 2.15. The summed E-state index contributed by atoms with van der Waals surface area (Å²) in [5.41, 5.74) is 2.21. The van der Waals surface area contributed by atoms with E-state index >= 15 is 0 Å². The molecule has 0 aromatic heterocycles. The molecule has 1 aromatic carbocycles. The zero-order chi connectivity index (χ0) is 14.2. The fourth-order valence-electron chi connectivity index (χ4n) is 2.47. The number of carbonyl (C=O) groups excluding carboxylic acids is 1. The minimum Gasteiger partial charge on any atom is -0.326 e. The first-order valence-corrected chi connectivity index (χ1v) is 8.48. The normalized spacial score (nSPS) is 14.7. The Morgan fingerprint density at radius 1 is 1.33 bits per heavy atom. The van der Waals surface area contributed by atoms with Crippen molar-refractivity contribution in [3.63, 3.8) is 0 Å². The van der Waals surface area contributed by atoms with Gasteiger partial charge in [0.15, 0.2) is 0 Å². The molecule has 1 aromatic rings. The Kier molecular flexibility index (Phi) is 8.81. The highest BCUT2D eigenvalue weighted by atomic mass is 35.5. The van der Waals surface area contributed by atoms with Crippen LogP contribution in [0.3, 0.4) is 0 Å². The smallest absolute Gasteiger partial charge is 0.225 e. The number of carbonyl (C=O) groups is 1. The highest BCUT2D eigenvalue weighted by Crippen LogP contribution is 2.31. The lowest BCUT2D eigenvalue weighted by Crippen LogP contribution is -2.18. The number of rotatable bonds is 7. The Morgan fingerprint density at radius 2 is 2.10 bits per heavy atom. The molecule has 3 nitrogen and oxygen atoms in total. The number of benzene rings is 1. The van der Waals surface area contributed by atoms with Crippen molar-refractivity contribution in [2.24, 2.45) is 0 Å². The molecule has 1 fully saturated rings. The Balaban J connectivity index is 0.00000220. The van der Waals surface area contributed by atoms with Gasteiger partial charge in [0, 0.05) is 29.7 Å². The van der Waals surface area contributed by atoms with Crippen molar-refractivity contribution in [2.75, 3.05) is 18.9 Å². The van der Waals surface area contributed by atoms with Gasteiger partial charge in [0.25, 0.3) is 0 Å². The number of thioether (sulfide) groups is 1. The van der Waals surface area contributed by atoms with E-state index in [2.05, 4.69) is 34.5 Å². The minimum absolute atomic E-state index is 0. The average Bonchev–Trinajstić information content (AvgIpc) is 2.97. The first-order chi connectivity index (χ1) is 9.78. The number of anilines is 1. The molecule has 0 saturated heterocycles. The topological polar surface area (TPSA) is 41.1 Å². The van der Waals surface area contributed by atoms with Crippen molar-refractivity contribution in [2.45, 2.75) is 43.1 Å². The van der Waals surface area contributed by atoms with E-state index in [4.69, 9.17) is 0 Å². The van der Waals surface area contributed by atoms with Gasteiger partial charge >= 0.3 is 0 Å². The number of nitrogens with one attached hydrogen (secondary N) is 2. The summed E-state index contributed by atoms with van der Waals surface area (Å²) in [6, 6.07) is 8.23. The second-order valence-electron chi connectivity index (χ2n) is 5.32. The van der Waals surface area contributed by atoms with Crippen LogP contribution in [-0.2, 0) is 10.5 Å². The molecule has 2 rings (SSSR count). The van der Waals surface area contributed by atoms with Crippen LogP contribution in [0.1, 0.15) is 37.7 Å². The second-order valence-corrected chi connectivity index (χ2v) is 6.61. The Hall–Kier alpha value is -0.710. The molecular formula is C16H25ClN2OS. The van der Waals surface area contributed by atoms with Crippen LogP contribution in [0.2, 0.25) is 0 Å². The molecule has 1 amide bonds. The molecule has 0 aliphatic heterocycles. The van der Waals surface area contributed by atoms with E-state index in [9.17, 15) is 4.79 Å². The van der Waals surface area contributed by atoms with Gasteiger partial charge in [-0.3, -0.25) is 4.79 Å². The predicted octanol–water partition coefficient (Wildman–Crippen LogP) is 3.83. The van der Waals surface area contributed by atoms with Crippen LogP contribution >= 0.6 is 24.2 Å². The van der Waals surface area contributed by atoms with Gasteiger partial charge in [0.2, 0.25) is 5.91 Å².